The van der Waals surface area contributed by atoms with Crippen molar-refractivity contribution in [2.45, 2.75) is 12.3 Å². The second-order valence-electron chi connectivity index (χ2n) is 4.86. The lowest BCUT2D eigenvalue weighted by Gasteiger charge is -2.13. The van der Waals surface area contributed by atoms with E-state index in [0.29, 0.717) is 5.56 Å². The van der Waals surface area contributed by atoms with Crippen molar-refractivity contribution in [2.75, 3.05) is 6.54 Å². The smallest absolute Gasteiger partial charge is 0.387 e. The van der Waals surface area contributed by atoms with Gasteiger partial charge in [0.05, 0.1) is 11.7 Å². The van der Waals surface area contributed by atoms with Crippen molar-refractivity contribution < 1.29 is 27.5 Å². The Labute approximate surface area is 129 Å². The van der Waals surface area contributed by atoms with Gasteiger partial charge < -0.3 is 10.4 Å². The van der Waals surface area contributed by atoms with Crippen molar-refractivity contribution in [2.24, 2.45) is 0 Å². The number of hydrogen-bond acceptors (Lipinski definition) is 2. The lowest BCUT2D eigenvalue weighted by molar-refractivity contribution is -0.137. The van der Waals surface area contributed by atoms with Gasteiger partial charge in [0.25, 0.3) is 5.91 Å². The lowest BCUT2D eigenvalue weighted by atomic mass is 10.1. The Morgan fingerprint density at radius 2 is 1.78 bits per heavy atom. The van der Waals surface area contributed by atoms with E-state index in [-0.39, 0.29) is 12.1 Å². The van der Waals surface area contributed by atoms with Crippen LogP contribution in [0.5, 0.6) is 0 Å². The first-order valence-corrected chi connectivity index (χ1v) is 6.66. The molecular formula is C16H13F4NO2. The van der Waals surface area contributed by atoms with E-state index in [1.165, 1.54) is 18.2 Å². The number of benzene rings is 2. The molecule has 2 N–H and O–H groups in total. The van der Waals surface area contributed by atoms with Crippen LogP contribution >= 0.6 is 0 Å². The molecule has 0 aliphatic heterocycles. The topological polar surface area (TPSA) is 49.3 Å². The molecule has 2 rings (SSSR count). The second-order valence-corrected chi connectivity index (χ2v) is 4.86. The lowest BCUT2D eigenvalue weighted by Crippen LogP contribution is -2.28. The van der Waals surface area contributed by atoms with Crippen LogP contribution in [-0.2, 0) is 6.18 Å². The minimum atomic E-state index is -4.54. The fourth-order valence-corrected chi connectivity index (χ4v) is 1.93. The van der Waals surface area contributed by atoms with E-state index in [1.807, 2.05) is 0 Å². The summed E-state index contributed by atoms with van der Waals surface area (Å²) in [6.07, 6.45) is -5.63. The van der Waals surface area contributed by atoms with Crippen LogP contribution in [0.1, 0.15) is 27.6 Å². The van der Waals surface area contributed by atoms with E-state index < -0.39 is 29.6 Å². The van der Waals surface area contributed by atoms with E-state index >= 15 is 0 Å². The first-order valence-electron chi connectivity index (χ1n) is 6.66. The number of carbonyl (C=O) groups is 1. The Bertz CT molecular complexity index is 683. The summed E-state index contributed by atoms with van der Waals surface area (Å²) in [5, 5.41) is 12.2. The predicted octanol–water partition coefficient (Wildman–Crippen LogP) is 3.31. The largest absolute Gasteiger partial charge is 0.416 e. The van der Waals surface area contributed by atoms with Crippen molar-refractivity contribution in [3.8, 4) is 0 Å². The SMILES string of the molecule is O=C(NCC(O)c1ccc(F)cc1)c1cccc(C(F)(F)F)c1. The summed E-state index contributed by atoms with van der Waals surface area (Å²) in [5.41, 5.74) is -0.703. The highest BCUT2D eigenvalue weighted by atomic mass is 19.4. The molecule has 3 nitrogen and oxygen atoms in total. The van der Waals surface area contributed by atoms with Gasteiger partial charge in [-0.25, -0.2) is 4.39 Å². The van der Waals surface area contributed by atoms with Crippen LogP contribution in [0, 0.1) is 5.82 Å². The Kier molecular flexibility index (Phi) is 5.00. The Hall–Kier alpha value is -2.41. The zero-order valence-electron chi connectivity index (χ0n) is 11.8. The van der Waals surface area contributed by atoms with Crippen LogP contribution < -0.4 is 5.32 Å². The number of alkyl halides is 3. The molecule has 0 bridgehead atoms. The number of nitrogens with one attached hydrogen (secondary N) is 1. The average Bonchev–Trinajstić information content (AvgIpc) is 2.52. The highest BCUT2D eigenvalue weighted by Crippen LogP contribution is 2.29. The van der Waals surface area contributed by atoms with Crippen molar-refractivity contribution in [1.82, 2.24) is 5.32 Å². The van der Waals surface area contributed by atoms with Gasteiger partial charge in [-0.05, 0) is 35.9 Å². The van der Waals surface area contributed by atoms with Crippen molar-refractivity contribution in [3.05, 3.63) is 71.0 Å². The monoisotopic (exact) mass is 327 g/mol. The average molecular weight is 327 g/mol. The first kappa shape index (κ1) is 17.0. The van der Waals surface area contributed by atoms with Crippen LogP contribution in [0.15, 0.2) is 48.5 Å². The van der Waals surface area contributed by atoms with Crippen molar-refractivity contribution in [1.29, 1.82) is 0 Å². The number of rotatable bonds is 4. The molecular weight excluding hydrogens is 314 g/mol. The Balaban J connectivity index is 2.01. The van der Waals surface area contributed by atoms with Crippen LogP contribution in [0.4, 0.5) is 17.6 Å². The van der Waals surface area contributed by atoms with Gasteiger partial charge in [-0.15, -0.1) is 0 Å². The fourth-order valence-electron chi connectivity index (χ4n) is 1.93. The molecule has 0 saturated carbocycles. The second kappa shape index (κ2) is 6.78. The molecule has 0 fully saturated rings. The molecule has 0 aromatic heterocycles. The summed E-state index contributed by atoms with van der Waals surface area (Å²) in [5.74, 6) is -1.20. The summed E-state index contributed by atoms with van der Waals surface area (Å²) in [6, 6.07) is 9.01. The normalized spacial score (nSPS) is 12.7. The van der Waals surface area contributed by atoms with E-state index in [9.17, 15) is 27.5 Å². The predicted molar refractivity (Wildman–Crippen MR) is 75.1 cm³/mol. The third-order valence-electron chi connectivity index (χ3n) is 3.16. The summed E-state index contributed by atoms with van der Waals surface area (Å²) in [6.45, 7) is -0.208. The van der Waals surface area contributed by atoms with Gasteiger partial charge in [0.15, 0.2) is 0 Å². The van der Waals surface area contributed by atoms with Gasteiger partial charge in [-0.2, -0.15) is 13.2 Å². The van der Waals surface area contributed by atoms with Crippen LogP contribution in [0.2, 0.25) is 0 Å². The number of aliphatic hydroxyl groups is 1. The first-order chi connectivity index (χ1) is 10.8. The molecule has 1 amide bonds. The van der Waals surface area contributed by atoms with E-state index in [0.717, 1.165) is 30.3 Å². The maximum Gasteiger partial charge on any atom is 0.416 e. The third-order valence-corrected chi connectivity index (χ3v) is 3.16. The molecule has 2 aromatic carbocycles. The number of hydrogen-bond donors (Lipinski definition) is 2. The quantitative estimate of drug-likeness (QED) is 0.847. The molecule has 7 heteroatoms. The standard InChI is InChI=1S/C16H13F4NO2/c17-13-6-4-10(5-7-13)14(22)9-21-15(23)11-2-1-3-12(8-11)16(18,19)20/h1-8,14,22H,9H2,(H,21,23). The maximum atomic E-state index is 12.8. The van der Waals surface area contributed by atoms with E-state index in [1.54, 1.807) is 0 Å². The Morgan fingerprint density at radius 3 is 2.39 bits per heavy atom. The van der Waals surface area contributed by atoms with Crippen LogP contribution in [0.25, 0.3) is 0 Å². The number of halogens is 4. The van der Waals surface area contributed by atoms with E-state index in [2.05, 4.69) is 5.32 Å². The van der Waals surface area contributed by atoms with Gasteiger partial charge >= 0.3 is 6.18 Å². The van der Waals surface area contributed by atoms with Gasteiger partial charge in [0, 0.05) is 12.1 Å². The summed E-state index contributed by atoms with van der Waals surface area (Å²) in [7, 11) is 0. The van der Waals surface area contributed by atoms with E-state index in [4.69, 9.17) is 0 Å². The molecule has 0 aliphatic rings. The maximum absolute atomic E-state index is 12.8. The van der Waals surface area contributed by atoms with Gasteiger partial charge in [0.2, 0.25) is 0 Å². The van der Waals surface area contributed by atoms with Crippen molar-refractivity contribution >= 4 is 5.91 Å². The van der Waals surface area contributed by atoms with Gasteiger partial charge in [-0.1, -0.05) is 18.2 Å². The molecule has 2 aromatic rings. The molecule has 1 unspecified atom stereocenters. The molecule has 0 saturated heterocycles. The van der Waals surface area contributed by atoms with Gasteiger partial charge in [-0.3, -0.25) is 4.79 Å². The zero-order valence-corrected chi connectivity index (χ0v) is 11.8. The highest BCUT2D eigenvalue weighted by Gasteiger charge is 2.30. The third kappa shape index (κ3) is 4.53. The Morgan fingerprint density at radius 1 is 1.13 bits per heavy atom. The summed E-state index contributed by atoms with van der Waals surface area (Å²) in [4.78, 5) is 11.9. The van der Waals surface area contributed by atoms with Crippen LogP contribution in [-0.4, -0.2) is 17.6 Å². The summed E-state index contributed by atoms with van der Waals surface area (Å²) < 4.78 is 50.6. The zero-order chi connectivity index (χ0) is 17.0. The van der Waals surface area contributed by atoms with Gasteiger partial charge in [0.1, 0.15) is 5.82 Å². The molecule has 0 spiro atoms. The molecule has 1 atom stereocenters. The summed E-state index contributed by atoms with van der Waals surface area (Å²) >= 11 is 0. The number of carbonyl (C=O) groups excluding carboxylic acids is 1. The number of aliphatic hydroxyl groups excluding tert-OH is 1. The number of amides is 1. The van der Waals surface area contributed by atoms with Crippen molar-refractivity contribution in [3.63, 3.8) is 0 Å². The molecule has 122 valence electrons. The molecule has 0 radical (unpaired) electrons. The molecule has 23 heavy (non-hydrogen) atoms. The minimum absolute atomic E-state index is 0.161. The van der Waals surface area contributed by atoms with Crippen LogP contribution in [0.3, 0.4) is 0 Å². The fraction of sp³-hybridized carbons (Fsp3) is 0.188. The highest BCUT2D eigenvalue weighted by molar-refractivity contribution is 5.94. The molecule has 0 heterocycles. The minimum Gasteiger partial charge on any atom is -0.387 e. The molecule has 0 aliphatic carbocycles.